The molecule has 5 nitrogen and oxygen atoms in total. The zero-order valence-electron chi connectivity index (χ0n) is 16.0. The minimum absolute atomic E-state index is 0.194. The Labute approximate surface area is 190 Å². The summed E-state index contributed by atoms with van der Waals surface area (Å²) in [4.78, 5) is 23.3. The summed E-state index contributed by atoms with van der Waals surface area (Å²) in [6.45, 7) is 0. The van der Waals surface area contributed by atoms with E-state index in [-0.39, 0.29) is 5.56 Å². The number of carbonyl (C=O) groups is 1. The number of halogens is 5. The first-order valence-corrected chi connectivity index (χ1v) is 9.93. The molecule has 2 aromatic carbocycles. The number of pyridine rings is 1. The molecule has 162 valence electrons. The van der Waals surface area contributed by atoms with Crippen molar-refractivity contribution in [1.29, 1.82) is 0 Å². The lowest BCUT2D eigenvalue weighted by Gasteiger charge is -2.11. The zero-order chi connectivity index (χ0) is 22.9. The van der Waals surface area contributed by atoms with Crippen LogP contribution in [0.4, 0.5) is 18.9 Å². The molecular weight excluding hydrogens is 464 g/mol. The van der Waals surface area contributed by atoms with Crippen LogP contribution in [0.25, 0.3) is 22.6 Å². The molecule has 32 heavy (non-hydrogen) atoms. The maximum absolute atomic E-state index is 12.8. The van der Waals surface area contributed by atoms with Crippen LogP contribution in [0.15, 0.2) is 66.9 Å². The number of H-pyrrole nitrogens is 1. The number of imidazole rings is 1. The highest BCUT2D eigenvalue weighted by atomic mass is 35.5. The fourth-order valence-corrected chi connectivity index (χ4v) is 3.41. The molecule has 2 N–H and O–H groups in total. The van der Waals surface area contributed by atoms with Gasteiger partial charge in [-0.15, -0.1) is 0 Å². The van der Waals surface area contributed by atoms with E-state index in [2.05, 4.69) is 20.3 Å². The molecule has 0 aliphatic heterocycles. The second-order valence-corrected chi connectivity index (χ2v) is 7.46. The molecule has 0 bridgehead atoms. The summed E-state index contributed by atoms with van der Waals surface area (Å²) < 4.78 is 38.3. The summed E-state index contributed by atoms with van der Waals surface area (Å²) in [7, 11) is 0. The van der Waals surface area contributed by atoms with E-state index in [9.17, 15) is 18.0 Å². The van der Waals surface area contributed by atoms with Crippen molar-refractivity contribution in [1.82, 2.24) is 15.0 Å². The second-order valence-electron chi connectivity index (χ2n) is 6.69. The molecule has 2 heterocycles. The quantitative estimate of drug-likeness (QED) is 0.321. The SMILES string of the molecule is O=C(Nc1ccc(Cl)c(-c2ncc(-c3ccccc3)[nH]2)c1)c1ccc(C(F)(F)F)nc1Cl. The number of amides is 1. The maximum atomic E-state index is 12.8. The van der Waals surface area contributed by atoms with Gasteiger partial charge in [0.05, 0.1) is 22.5 Å². The standard InChI is InChI=1S/C22H13Cl2F3N4O/c23-16-8-6-13(29-21(32)14-7-9-18(22(25,26)27)31-19(14)24)10-15(16)20-28-11-17(30-20)12-4-2-1-3-5-12/h1-11H,(H,28,30)(H,29,32). The third-order valence-corrected chi connectivity index (χ3v) is 5.14. The molecule has 0 aliphatic rings. The predicted octanol–water partition coefficient (Wildman–Crippen LogP) is 6.72. The van der Waals surface area contributed by atoms with Gasteiger partial charge in [-0.1, -0.05) is 53.5 Å². The van der Waals surface area contributed by atoms with Crippen molar-refractivity contribution in [3.63, 3.8) is 0 Å². The van der Waals surface area contributed by atoms with Crippen molar-refractivity contribution >= 4 is 34.8 Å². The van der Waals surface area contributed by atoms with Crippen molar-refractivity contribution in [2.24, 2.45) is 0 Å². The van der Waals surface area contributed by atoms with Crippen LogP contribution in [0, 0.1) is 0 Å². The van der Waals surface area contributed by atoms with E-state index in [4.69, 9.17) is 23.2 Å². The Morgan fingerprint density at radius 1 is 1.00 bits per heavy atom. The minimum Gasteiger partial charge on any atom is -0.338 e. The van der Waals surface area contributed by atoms with Crippen LogP contribution >= 0.6 is 23.2 Å². The van der Waals surface area contributed by atoms with E-state index in [1.165, 1.54) is 0 Å². The van der Waals surface area contributed by atoms with Crippen LogP contribution in [0.2, 0.25) is 10.2 Å². The molecule has 4 aromatic rings. The first-order valence-electron chi connectivity index (χ1n) is 9.18. The number of nitrogens with one attached hydrogen (secondary N) is 2. The van der Waals surface area contributed by atoms with Crippen molar-refractivity contribution in [3.8, 4) is 22.6 Å². The molecule has 2 aromatic heterocycles. The molecule has 4 rings (SSSR count). The van der Waals surface area contributed by atoms with Gasteiger partial charge in [0.25, 0.3) is 5.91 Å². The first kappa shape index (κ1) is 21.9. The number of benzene rings is 2. The lowest BCUT2D eigenvalue weighted by molar-refractivity contribution is -0.141. The molecule has 0 saturated heterocycles. The molecule has 10 heteroatoms. The van der Waals surface area contributed by atoms with E-state index in [1.54, 1.807) is 24.4 Å². The number of rotatable bonds is 4. The molecule has 0 fully saturated rings. The van der Waals surface area contributed by atoms with E-state index in [0.29, 0.717) is 28.2 Å². The number of hydrogen-bond donors (Lipinski definition) is 2. The monoisotopic (exact) mass is 476 g/mol. The van der Waals surface area contributed by atoms with E-state index in [0.717, 1.165) is 17.3 Å². The van der Waals surface area contributed by atoms with Gasteiger partial charge in [-0.3, -0.25) is 4.79 Å². The van der Waals surface area contributed by atoms with E-state index < -0.39 is 22.9 Å². The Bertz CT molecular complexity index is 1290. The van der Waals surface area contributed by atoms with E-state index in [1.807, 2.05) is 30.3 Å². The Kier molecular flexibility index (Phi) is 5.90. The average Bonchev–Trinajstić information content (AvgIpc) is 3.25. The molecule has 0 radical (unpaired) electrons. The van der Waals surface area contributed by atoms with Gasteiger partial charge in [0.1, 0.15) is 16.7 Å². The summed E-state index contributed by atoms with van der Waals surface area (Å²) in [5.74, 6) is -0.229. The van der Waals surface area contributed by atoms with Crippen LogP contribution in [-0.4, -0.2) is 20.9 Å². The smallest absolute Gasteiger partial charge is 0.338 e. The van der Waals surface area contributed by atoms with Crippen LogP contribution in [-0.2, 0) is 6.18 Å². The number of anilines is 1. The van der Waals surface area contributed by atoms with Gasteiger partial charge in [0.15, 0.2) is 0 Å². The summed E-state index contributed by atoms with van der Waals surface area (Å²) >= 11 is 12.1. The van der Waals surface area contributed by atoms with Crippen molar-refractivity contribution < 1.29 is 18.0 Å². The summed E-state index contributed by atoms with van der Waals surface area (Å²) in [6, 6.07) is 16.0. The van der Waals surface area contributed by atoms with Gasteiger partial charge < -0.3 is 10.3 Å². The molecular formula is C22H13Cl2F3N4O. The lowest BCUT2D eigenvalue weighted by atomic mass is 10.1. The topological polar surface area (TPSA) is 70.7 Å². The highest BCUT2D eigenvalue weighted by Crippen LogP contribution is 2.32. The lowest BCUT2D eigenvalue weighted by Crippen LogP contribution is -2.15. The Morgan fingerprint density at radius 3 is 2.44 bits per heavy atom. The highest BCUT2D eigenvalue weighted by Gasteiger charge is 2.33. The first-order chi connectivity index (χ1) is 15.2. The summed E-state index contributed by atoms with van der Waals surface area (Å²) in [5.41, 5.74) is 1.23. The zero-order valence-corrected chi connectivity index (χ0v) is 17.6. The number of aromatic amines is 1. The van der Waals surface area contributed by atoms with Crippen LogP contribution in [0.1, 0.15) is 16.1 Å². The van der Waals surface area contributed by atoms with Gasteiger partial charge in [0, 0.05) is 11.3 Å². The average molecular weight is 477 g/mol. The van der Waals surface area contributed by atoms with Crippen molar-refractivity contribution in [2.75, 3.05) is 5.32 Å². The third kappa shape index (κ3) is 4.61. The number of alkyl halides is 3. The molecule has 1 amide bonds. The highest BCUT2D eigenvalue weighted by molar-refractivity contribution is 6.34. The van der Waals surface area contributed by atoms with Crippen molar-refractivity contribution in [3.05, 3.63) is 88.3 Å². The van der Waals surface area contributed by atoms with Crippen LogP contribution in [0.5, 0.6) is 0 Å². The Balaban J connectivity index is 1.59. The van der Waals surface area contributed by atoms with Gasteiger partial charge in [-0.25, -0.2) is 9.97 Å². The fraction of sp³-hybridized carbons (Fsp3) is 0.0455. The minimum atomic E-state index is -4.66. The number of hydrogen-bond acceptors (Lipinski definition) is 3. The molecule has 0 saturated carbocycles. The van der Waals surface area contributed by atoms with Gasteiger partial charge in [0.2, 0.25) is 0 Å². The van der Waals surface area contributed by atoms with Crippen LogP contribution in [0.3, 0.4) is 0 Å². The second kappa shape index (κ2) is 8.64. The van der Waals surface area contributed by atoms with Gasteiger partial charge in [-0.05, 0) is 35.9 Å². The molecule has 0 atom stereocenters. The van der Waals surface area contributed by atoms with Gasteiger partial charge >= 0.3 is 6.18 Å². The number of nitrogens with zero attached hydrogens (tertiary/aromatic N) is 2. The van der Waals surface area contributed by atoms with E-state index >= 15 is 0 Å². The summed E-state index contributed by atoms with van der Waals surface area (Å²) in [6.07, 6.45) is -2.99. The van der Waals surface area contributed by atoms with Crippen LogP contribution < -0.4 is 5.32 Å². The Hall–Kier alpha value is -3.36. The predicted molar refractivity (Wildman–Crippen MR) is 117 cm³/mol. The molecule has 0 aliphatic carbocycles. The number of carbonyl (C=O) groups excluding carboxylic acids is 1. The van der Waals surface area contributed by atoms with Gasteiger partial charge in [-0.2, -0.15) is 13.2 Å². The summed E-state index contributed by atoms with van der Waals surface area (Å²) in [5, 5.41) is 2.43. The fourth-order valence-electron chi connectivity index (χ4n) is 2.97. The van der Waals surface area contributed by atoms with Crippen molar-refractivity contribution in [2.45, 2.75) is 6.18 Å². The third-order valence-electron chi connectivity index (χ3n) is 4.52. The molecule has 0 spiro atoms. The maximum Gasteiger partial charge on any atom is 0.433 e. The Morgan fingerprint density at radius 2 is 1.75 bits per heavy atom. The largest absolute Gasteiger partial charge is 0.433 e. The normalized spacial score (nSPS) is 11.4. The number of aromatic nitrogens is 3. The molecule has 0 unspecified atom stereocenters.